The van der Waals surface area contributed by atoms with Crippen molar-refractivity contribution in [2.24, 2.45) is 28.6 Å². The van der Waals surface area contributed by atoms with Crippen LogP contribution in [0, 0.1) is 28.6 Å². The molecule has 0 radical (unpaired) electrons. The van der Waals surface area contributed by atoms with Gasteiger partial charge in [0, 0.05) is 6.08 Å². The van der Waals surface area contributed by atoms with Gasteiger partial charge in [-0.3, -0.25) is 0 Å². The minimum absolute atomic E-state index is 0.302. The van der Waals surface area contributed by atoms with Crippen LogP contribution in [-0.2, 0) is 4.79 Å². The van der Waals surface area contributed by atoms with E-state index in [-0.39, 0.29) is 0 Å². The standard InChI is InChI=1S/C26H40O2/c1-8-11-19(3)23-20(13-10-9-12-18(2)16-22(27)28)17-21-24(23)26(6,7)15-14-25(21,4)5/h9-10,12-13,16,19-20,23H,8,11,14-15,17H2,1-7H3,(H,27,28). The second-order valence-corrected chi connectivity index (χ2v) is 10.3. The molecule has 28 heavy (non-hydrogen) atoms. The number of hydrogen-bond donors (Lipinski definition) is 1. The fourth-order valence-electron chi connectivity index (χ4n) is 5.49. The Kier molecular flexibility index (Phi) is 7.17. The number of rotatable bonds is 7. The first-order valence-electron chi connectivity index (χ1n) is 11.0. The monoisotopic (exact) mass is 384 g/mol. The highest BCUT2D eigenvalue weighted by Crippen LogP contribution is 2.60. The Balaban J connectivity index is 2.32. The highest BCUT2D eigenvalue weighted by atomic mass is 16.4. The van der Waals surface area contributed by atoms with Crippen LogP contribution in [-0.4, -0.2) is 11.1 Å². The van der Waals surface area contributed by atoms with Gasteiger partial charge < -0.3 is 5.11 Å². The van der Waals surface area contributed by atoms with Crippen LogP contribution in [0.25, 0.3) is 0 Å². The maximum atomic E-state index is 10.8. The van der Waals surface area contributed by atoms with Crippen LogP contribution >= 0.6 is 0 Å². The predicted molar refractivity (Wildman–Crippen MR) is 119 cm³/mol. The molecule has 156 valence electrons. The van der Waals surface area contributed by atoms with Gasteiger partial charge in [0.05, 0.1) is 0 Å². The van der Waals surface area contributed by atoms with E-state index >= 15 is 0 Å². The van der Waals surface area contributed by atoms with Gasteiger partial charge in [0.1, 0.15) is 0 Å². The molecule has 3 atom stereocenters. The lowest BCUT2D eigenvalue weighted by Gasteiger charge is -2.44. The van der Waals surface area contributed by atoms with E-state index < -0.39 is 5.97 Å². The van der Waals surface area contributed by atoms with Crippen molar-refractivity contribution in [3.05, 3.63) is 47.1 Å². The third kappa shape index (κ3) is 5.07. The highest BCUT2D eigenvalue weighted by Gasteiger charge is 2.49. The zero-order chi connectivity index (χ0) is 21.1. The Morgan fingerprint density at radius 3 is 2.43 bits per heavy atom. The molecule has 2 aliphatic carbocycles. The first-order valence-corrected chi connectivity index (χ1v) is 11.0. The van der Waals surface area contributed by atoms with Crippen LogP contribution in [0.5, 0.6) is 0 Å². The summed E-state index contributed by atoms with van der Waals surface area (Å²) in [6.45, 7) is 16.3. The van der Waals surface area contributed by atoms with E-state index in [1.54, 1.807) is 11.1 Å². The molecule has 1 N–H and O–H groups in total. The molecule has 0 bridgehead atoms. The van der Waals surface area contributed by atoms with Crippen molar-refractivity contribution in [3.8, 4) is 0 Å². The average molecular weight is 385 g/mol. The number of carboxylic acids is 1. The molecule has 0 aromatic heterocycles. The van der Waals surface area contributed by atoms with Gasteiger partial charge in [0.25, 0.3) is 0 Å². The number of aliphatic carboxylic acids is 1. The van der Waals surface area contributed by atoms with Crippen molar-refractivity contribution in [3.63, 3.8) is 0 Å². The van der Waals surface area contributed by atoms with Crippen LogP contribution in [0.3, 0.4) is 0 Å². The molecule has 2 nitrogen and oxygen atoms in total. The van der Waals surface area contributed by atoms with Crippen LogP contribution in [0.4, 0.5) is 0 Å². The summed E-state index contributed by atoms with van der Waals surface area (Å²) in [6, 6.07) is 0. The minimum Gasteiger partial charge on any atom is -0.478 e. The molecule has 0 saturated heterocycles. The molecule has 2 heteroatoms. The molecule has 2 aliphatic rings. The third-order valence-electron chi connectivity index (χ3n) is 7.02. The molecule has 0 saturated carbocycles. The number of hydrogen-bond acceptors (Lipinski definition) is 1. The summed E-state index contributed by atoms with van der Waals surface area (Å²) in [6.07, 6.45) is 15.9. The van der Waals surface area contributed by atoms with E-state index in [1.165, 1.54) is 38.2 Å². The lowest BCUT2D eigenvalue weighted by molar-refractivity contribution is -0.131. The zero-order valence-corrected chi connectivity index (χ0v) is 19.0. The maximum absolute atomic E-state index is 10.8. The maximum Gasteiger partial charge on any atom is 0.328 e. The smallest absolute Gasteiger partial charge is 0.328 e. The van der Waals surface area contributed by atoms with E-state index in [0.717, 1.165) is 5.57 Å². The predicted octanol–water partition coefficient (Wildman–Crippen LogP) is 7.34. The summed E-state index contributed by atoms with van der Waals surface area (Å²) in [7, 11) is 0. The molecule has 2 rings (SSSR count). The van der Waals surface area contributed by atoms with Gasteiger partial charge in [-0.1, -0.05) is 89.8 Å². The van der Waals surface area contributed by atoms with Crippen molar-refractivity contribution in [1.29, 1.82) is 0 Å². The van der Waals surface area contributed by atoms with Gasteiger partial charge in [-0.05, 0) is 60.3 Å². The second-order valence-electron chi connectivity index (χ2n) is 10.3. The van der Waals surface area contributed by atoms with E-state index in [4.69, 9.17) is 5.11 Å². The van der Waals surface area contributed by atoms with Crippen LogP contribution in [0.15, 0.2) is 47.1 Å². The molecule has 0 aromatic carbocycles. The van der Waals surface area contributed by atoms with Crippen molar-refractivity contribution < 1.29 is 9.90 Å². The van der Waals surface area contributed by atoms with Crippen molar-refractivity contribution in [2.45, 2.75) is 80.6 Å². The van der Waals surface area contributed by atoms with Gasteiger partial charge in [0.2, 0.25) is 0 Å². The van der Waals surface area contributed by atoms with Gasteiger partial charge in [0.15, 0.2) is 0 Å². The van der Waals surface area contributed by atoms with E-state index in [9.17, 15) is 4.79 Å². The summed E-state index contributed by atoms with van der Waals surface area (Å²) in [5.74, 6) is 0.983. The Morgan fingerprint density at radius 2 is 1.82 bits per heavy atom. The molecular formula is C26H40O2. The SMILES string of the molecule is CCCC(C)C1C2=C(CC1C=CC=CC(C)=CC(=O)O)C(C)(C)CCC2(C)C. The van der Waals surface area contributed by atoms with E-state index in [2.05, 4.69) is 53.7 Å². The van der Waals surface area contributed by atoms with Gasteiger partial charge in [-0.2, -0.15) is 0 Å². The third-order valence-corrected chi connectivity index (χ3v) is 7.02. The Morgan fingerprint density at radius 1 is 1.18 bits per heavy atom. The van der Waals surface area contributed by atoms with Crippen molar-refractivity contribution in [1.82, 2.24) is 0 Å². The van der Waals surface area contributed by atoms with Crippen LogP contribution in [0.1, 0.15) is 80.6 Å². The first kappa shape index (κ1) is 22.7. The Hall–Kier alpha value is -1.57. The molecular weight excluding hydrogens is 344 g/mol. The number of carboxylic acid groups (broad SMARTS) is 1. The molecule has 0 amide bonds. The zero-order valence-electron chi connectivity index (χ0n) is 19.0. The summed E-state index contributed by atoms with van der Waals surface area (Å²) < 4.78 is 0. The molecule has 0 spiro atoms. The molecule has 3 unspecified atom stereocenters. The molecule has 0 fully saturated rings. The Bertz CT molecular complexity index is 700. The lowest BCUT2D eigenvalue weighted by Crippen LogP contribution is -2.33. The fourth-order valence-corrected chi connectivity index (χ4v) is 5.49. The normalized spacial score (nSPS) is 28.2. The van der Waals surface area contributed by atoms with E-state index in [0.29, 0.717) is 28.6 Å². The summed E-state index contributed by atoms with van der Waals surface area (Å²) in [4.78, 5) is 10.8. The fraction of sp³-hybridized carbons (Fsp3) is 0.654. The van der Waals surface area contributed by atoms with Crippen LogP contribution < -0.4 is 0 Å². The van der Waals surface area contributed by atoms with Crippen LogP contribution in [0.2, 0.25) is 0 Å². The molecule has 0 aliphatic heterocycles. The minimum atomic E-state index is -0.892. The molecule has 0 aromatic rings. The van der Waals surface area contributed by atoms with Gasteiger partial charge >= 0.3 is 5.97 Å². The highest BCUT2D eigenvalue weighted by molar-refractivity contribution is 5.81. The summed E-state index contributed by atoms with van der Waals surface area (Å²) in [5.41, 5.74) is 4.85. The second kappa shape index (κ2) is 8.84. The van der Waals surface area contributed by atoms with Gasteiger partial charge in [-0.15, -0.1) is 0 Å². The largest absolute Gasteiger partial charge is 0.478 e. The van der Waals surface area contributed by atoms with Crippen molar-refractivity contribution >= 4 is 5.97 Å². The molecule has 0 heterocycles. The topological polar surface area (TPSA) is 37.3 Å². The quantitative estimate of drug-likeness (QED) is 0.283. The number of allylic oxidation sites excluding steroid dienone is 7. The lowest BCUT2D eigenvalue weighted by atomic mass is 9.61. The van der Waals surface area contributed by atoms with E-state index in [1.807, 2.05) is 19.1 Å². The summed E-state index contributed by atoms with van der Waals surface area (Å²) in [5, 5.41) is 8.84. The van der Waals surface area contributed by atoms with Crippen molar-refractivity contribution in [2.75, 3.05) is 0 Å². The average Bonchev–Trinajstić information content (AvgIpc) is 2.98. The summed E-state index contributed by atoms with van der Waals surface area (Å²) >= 11 is 0. The number of carbonyl (C=O) groups is 1. The first-order chi connectivity index (χ1) is 13.0. The Labute approximate surface area is 172 Å². The van der Waals surface area contributed by atoms with Gasteiger partial charge in [-0.25, -0.2) is 4.79 Å².